The van der Waals surface area contributed by atoms with E-state index in [9.17, 15) is 0 Å². The van der Waals surface area contributed by atoms with Crippen molar-refractivity contribution in [2.75, 3.05) is 13.7 Å². The summed E-state index contributed by atoms with van der Waals surface area (Å²) in [4.78, 5) is 0. The van der Waals surface area contributed by atoms with Crippen LogP contribution in [-0.4, -0.2) is 13.7 Å². The van der Waals surface area contributed by atoms with Gasteiger partial charge in [0, 0.05) is 13.1 Å². The van der Waals surface area contributed by atoms with Gasteiger partial charge in [-0.3, -0.25) is 0 Å². The van der Waals surface area contributed by atoms with E-state index in [0.717, 1.165) is 42.8 Å². The molecule has 0 amide bonds. The molecule has 0 unspecified atom stereocenters. The van der Waals surface area contributed by atoms with Crippen molar-refractivity contribution in [3.63, 3.8) is 0 Å². The van der Waals surface area contributed by atoms with Crippen molar-refractivity contribution in [2.45, 2.75) is 33.2 Å². The molecule has 96 valence electrons. The molecule has 1 aliphatic carbocycles. The predicted octanol–water partition coefficient (Wildman–Crippen LogP) is 2.71. The summed E-state index contributed by atoms with van der Waals surface area (Å²) in [6.07, 6.45) is 2.08. The van der Waals surface area contributed by atoms with E-state index in [2.05, 4.69) is 37.4 Å². The van der Waals surface area contributed by atoms with Crippen molar-refractivity contribution in [1.82, 2.24) is 5.32 Å². The van der Waals surface area contributed by atoms with Gasteiger partial charge >= 0.3 is 0 Å². The molecule has 0 saturated heterocycles. The Morgan fingerprint density at radius 3 is 2.39 bits per heavy atom. The SMILES string of the molecule is COc1c(C)cc(CNCC2(C#N)CC2)cc1C. The molecule has 2 rings (SSSR count). The summed E-state index contributed by atoms with van der Waals surface area (Å²) in [5.41, 5.74) is 3.50. The summed E-state index contributed by atoms with van der Waals surface area (Å²) in [7, 11) is 1.71. The average molecular weight is 244 g/mol. The van der Waals surface area contributed by atoms with Crippen molar-refractivity contribution in [2.24, 2.45) is 5.41 Å². The zero-order valence-electron chi connectivity index (χ0n) is 11.3. The van der Waals surface area contributed by atoms with Crippen LogP contribution in [0, 0.1) is 30.6 Å². The summed E-state index contributed by atoms with van der Waals surface area (Å²) >= 11 is 0. The van der Waals surface area contributed by atoms with Crippen LogP contribution in [0.4, 0.5) is 0 Å². The zero-order valence-corrected chi connectivity index (χ0v) is 11.3. The Morgan fingerprint density at radius 2 is 1.94 bits per heavy atom. The molecule has 0 aliphatic heterocycles. The standard InChI is InChI=1S/C15H20N2O/c1-11-6-13(7-12(2)14(11)18-3)8-17-10-15(9-16)4-5-15/h6-7,17H,4-5,8,10H2,1-3H3. The fourth-order valence-corrected chi connectivity index (χ4v) is 2.39. The highest BCUT2D eigenvalue weighted by atomic mass is 16.5. The van der Waals surface area contributed by atoms with Gasteiger partial charge in [-0.15, -0.1) is 0 Å². The normalized spacial score (nSPS) is 16.1. The van der Waals surface area contributed by atoms with Gasteiger partial charge in [-0.2, -0.15) is 5.26 Å². The quantitative estimate of drug-likeness (QED) is 0.866. The Morgan fingerprint density at radius 1 is 1.33 bits per heavy atom. The summed E-state index contributed by atoms with van der Waals surface area (Å²) in [5.74, 6) is 0.967. The molecular weight excluding hydrogens is 224 g/mol. The Labute approximate surface area is 109 Å². The van der Waals surface area contributed by atoms with Gasteiger partial charge in [0.1, 0.15) is 5.75 Å². The summed E-state index contributed by atoms with van der Waals surface area (Å²) in [6.45, 7) is 5.74. The number of nitriles is 1. The average Bonchev–Trinajstić information content (AvgIpc) is 3.09. The van der Waals surface area contributed by atoms with Gasteiger partial charge in [-0.25, -0.2) is 0 Å². The topological polar surface area (TPSA) is 45.0 Å². The third kappa shape index (κ3) is 2.65. The van der Waals surface area contributed by atoms with Crippen LogP contribution in [-0.2, 0) is 6.54 Å². The summed E-state index contributed by atoms with van der Waals surface area (Å²) in [6, 6.07) is 6.68. The largest absolute Gasteiger partial charge is 0.496 e. The number of ether oxygens (including phenoxy) is 1. The van der Waals surface area contributed by atoms with Crippen molar-refractivity contribution < 1.29 is 4.74 Å². The molecule has 1 N–H and O–H groups in total. The molecule has 3 heteroatoms. The van der Waals surface area contributed by atoms with Crippen molar-refractivity contribution in [1.29, 1.82) is 5.26 Å². The molecule has 1 saturated carbocycles. The molecule has 1 aromatic carbocycles. The van der Waals surface area contributed by atoms with Gasteiger partial charge in [0.25, 0.3) is 0 Å². The van der Waals surface area contributed by atoms with Crippen LogP contribution in [0.1, 0.15) is 29.5 Å². The molecule has 0 atom stereocenters. The number of benzene rings is 1. The van der Waals surface area contributed by atoms with E-state index in [1.165, 1.54) is 5.56 Å². The number of hydrogen-bond donors (Lipinski definition) is 1. The number of aryl methyl sites for hydroxylation is 2. The van der Waals surface area contributed by atoms with E-state index >= 15 is 0 Å². The molecule has 0 heterocycles. The second kappa shape index (κ2) is 4.99. The maximum absolute atomic E-state index is 9.00. The van der Waals surface area contributed by atoms with Crippen LogP contribution in [0.25, 0.3) is 0 Å². The van der Waals surface area contributed by atoms with Gasteiger partial charge in [0.05, 0.1) is 18.6 Å². The van der Waals surface area contributed by atoms with Gasteiger partial charge in [0.15, 0.2) is 0 Å². The van der Waals surface area contributed by atoms with Crippen molar-refractivity contribution in [3.05, 3.63) is 28.8 Å². The van der Waals surface area contributed by atoms with Gasteiger partial charge in [0.2, 0.25) is 0 Å². The Balaban J connectivity index is 1.96. The number of nitrogens with one attached hydrogen (secondary N) is 1. The Bertz CT molecular complexity index is 461. The predicted molar refractivity (Wildman–Crippen MR) is 71.5 cm³/mol. The summed E-state index contributed by atoms with van der Waals surface area (Å²) in [5, 5.41) is 12.4. The lowest BCUT2D eigenvalue weighted by atomic mass is 10.1. The minimum Gasteiger partial charge on any atom is -0.496 e. The number of methoxy groups -OCH3 is 1. The molecule has 0 aromatic heterocycles. The lowest BCUT2D eigenvalue weighted by Gasteiger charge is -2.13. The first-order chi connectivity index (χ1) is 8.60. The molecule has 3 nitrogen and oxygen atoms in total. The van der Waals surface area contributed by atoms with E-state index in [-0.39, 0.29) is 5.41 Å². The number of rotatable bonds is 5. The van der Waals surface area contributed by atoms with E-state index in [1.54, 1.807) is 7.11 Å². The molecular formula is C15H20N2O. The Hall–Kier alpha value is -1.53. The van der Waals surface area contributed by atoms with E-state index in [1.807, 2.05) is 0 Å². The first-order valence-electron chi connectivity index (χ1n) is 6.36. The second-order valence-electron chi connectivity index (χ2n) is 5.26. The van der Waals surface area contributed by atoms with Gasteiger partial charge < -0.3 is 10.1 Å². The molecule has 1 aromatic rings. The van der Waals surface area contributed by atoms with Gasteiger partial charge in [-0.1, -0.05) is 12.1 Å². The van der Waals surface area contributed by atoms with E-state index < -0.39 is 0 Å². The third-order valence-electron chi connectivity index (χ3n) is 3.61. The highest BCUT2D eigenvalue weighted by molar-refractivity contribution is 5.43. The highest BCUT2D eigenvalue weighted by Crippen LogP contribution is 2.44. The molecule has 18 heavy (non-hydrogen) atoms. The van der Waals surface area contributed by atoms with Crippen LogP contribution < -0.4 is 10.1 Å². The monoisotopic (exact) mass is 244 g/mol. The van der Waals surface area contributed by atoms with Crippen LogP contribution >= 0.6 is 0 Å². The van der Waals surface area contributed by atoms with Crippen LogP contribution in [0.15, 0.2) is 12.1 Å². The van der Waals surface area contributed by atoms with E-state index in [4.69, 9.17) is 10.00 Å². The fraction of sp³-hybridized carbons (Fsp3) is 0.533. The maximum atomic E-state index is 9.00. The maximum Gasteiger partial charge on any atom is 0.124 e. The molecule has 0 radical (unpaired) electrons. The smallest absolute Gasteiger partial charge is 0.124 e. The first kappa shape index (κ1) is 12.9. The minimum atomic E-state index is -0.0729. The fourth-order valence-electron chi connectivity index (χ4n) is 2.39. The van der Waals surface area contributed by atoms with Crippen LogP contribution in [0.5, 0.6) is 5.75 Å². The first-order valence-corrected chi connectivity index (χ1v) is 6.36. The number of hydrogen-bond acceptors (Lipinski definition) is 3. The van der Waals surface area contributed by atoms with Crippen LogP contribution in [0.3, 0.4) is 0 Å². The van der Waals surface area contributed by atoms with E-state index in [0.29, 0.717) is 0 Å². The highest BCUT2D eigenvalue weighted by Gasteiger charge is 2.42. The lowest BCUT2D eigenvalue weighted by Crippen LogP contribution is -2.22. The summed E-state index contributed by atoms with van der Waals surface area (Å²) < 4.78 is 5.35. The second-order valence-corrected chi connectivity index (χ2v) is 5.26. The van der Waals surface area contributed by atoms with Crippen LogP contribution in [0.2, 0.25) is 0 Å². The minimum absolute atomic E-state index is 0.0729. The van der Waals surface area contributed by atoms with Crippen molar-refractivity contribution in [3.8, 4) is 11.8 Å². The number of nitrogens with zero attached hydrogens (tertiary/aromatic N) is 1. The molecule has 0 bridgehead atoms. The Kier molecular flexibility index (Phi) is 3.58. The zero-order chi connectivity index (χ0) is 13.2. The lowest BCUT2D eigenvalue weighted by molar-refractivity contribution is 0.408. The van der Waals surface area contributed by atoms with Crippen molar-refractivity contribution >= 4 is 0 Å². The molecule has 0 spiro atoms. The molecule has 1 fully saturated rings. The molecule has 1 aliphatic rings. The third-order valence-corrected chi connectivity index (χ3v) is 3.61. The van der Waals surface area contributed by atoms with Gasteiger partial charge in [-0.05, 0) is 43.4 Å².